The van der Waals surface area contributed by atoms with Crippen LogP contribution in [0.15, 0.2) is 0 Å². The highest BCUT2D eigenvalue weighted by atomic mass is 15.1. The van der Waals surface area contributed by atoms with E-state index in [1.54, 1.807) is 0 Å². The fraction of sp³-hybridized carbons (Fsp3) is 1.00. The summed E-state index contributed by atoms with van der Waals surface area (Å²) in [6.07, 6.45) is 2.61. The number of rotatable bonds is 4. The first-order valence-corrected chi connectivity index (χ1v) is 5.16. The molecule has 1 rings (SSSR count). The number of likely N-dealkylation sites (N-methyl/N-ethyl adjacent to an activating group) is 1. The molecule has 2 heteroatoms. The number of nitrogens with one attached hydrogen (secondary N) is 1. The van der Waals surface area contributed by atoms with E-state index in [4.69, 9.17) is 0 Å². The Kier molecular flexibility index (Phi) is 4.02. The van der Waals surface area contributed by atoms with Crippen LogP contribution < -0.4 is 5.32 Å². The van der Waals surface area contributed by atoms with Gasteiger partial charge in [-0.15, -0.1) is 0 Å². The zero-order valence-electron chi connectivity index (χ0n) is 8.64. The Bertz CT molecular complexity index is 125. The van der Waals surface area contributed by atoms with E-state index >= 15 is 0 Å². The highest BCUT2D eigenvalue weighted by Gasteiger charge is 2.23. The molecule has 2 atom stereocenters. The van der Waals surface area contributed by atoms with Crippen LogP contribution in [0.3, 0.4) is 0 Å². The predicted molar refractivity (Wildman–Crippen MR) is 53.4 cm³/mol. The Hall–Kier alpha value is -0.0800. The van der Waals surface area contributed by atoms with E-state index in [-0.39, 0.29) is 0 Å². The van der Waals surface area contributed by atoms with E-state index in [0.717, 1.165) is 12.0 Å². The standard InChI is InChI=1S/C10H22N2/c1-4-7-12(3)8-10-9(2)5-6-11-10/h9-11H,4-8H2,1-3H3. The maximum atomic E-state index is 3.55. The molecule has 0 saturated carbocycles. The maximum absolute atomic E-state index is 3.55. The molecule has 0 radical (unpaired) electrons. The minimum absolute atomic E-state index is 0.738. The summed E-state index contributed by atoms with van der Waals surface area (Å²) in [5, 5.41) is 3.55. The van der Waals surface area contributed by atoms with E-state index in [9.17, 15) is 0 Å². The molecule has 1 fully saturated rings. The molecule has 0 bridgehead atoms. The second-order valence-corrected chi connectivity index (χ2v) is 4.09. The van der Waals surface area contributed by atoms with Crippen molar-refractivity contribution in [2.45, 2.75) is 32.7 Å². The first-order chi connectivity index (χ1) is 5.74. The largest absolute Gasteiger partial charge is 0.312 e. The second kappa shape index (κ2) is 4.83. The smallest absolute Gasteiger partial charge is 0.0220 e. The van der Waals surface area contributed by atoms with Crippen LogP contribution in [-0.4, -0.2) is 37.6 Å². The molecular weight excluding hydrogens is 148 g/mol. The fourth-order valence-electron chi connectivity index (χ4n) is 1.95. The summed E-state index contributed by atoms with van der Waals surface area (Å²) in [6.45, 7) is 8.25. The summed E-state index contributed by atoms with van der Waals surface area (Å²) < 4.78 is 0. The number of hydrogen-bond acceptors (Lipinski definition) is 2. The molecule has 0 aromatic carbocycles. The molecule has 1 saturated heterocycles. The van der Waals surface area contributed by atoms with Crippen molar-refractivity contribution in [3.05, 3.63) is 0 Å². The summed E-state index contributed by atoms with van der Waals surface area (Å²) in [4.78, 5) is 2.43. The van der Waals surface area contributed by atoms with Crippen LogP contribution in [0.25, 0.3) is 0 Å². The molecule has 0 amide bonds. The van der Waals surface area contributed by atoms with Crippen LogP contribution in [0.5, 0.6) is 0 Å². The average molecular weight is 170 g/mol. The second-order valence-electron chi connectivity index (χ2n) is 4.09. The van der Waals surface area contributed by atoms with Crippen molar-refractivity contribution in [2.24, 2.45) is 5.92 Å². The normalized spacial score (nSPS) is 30.0. The summed E-state index contributed by atoms with van der Waals surface area (Å²) >= 11 is 0. The molecule has 0 aromatic heterocycles. The summed E-state index contributed by atoms with van der Waals surface area (Å²) in [5.74, 6) is 0.865. The van der Waals surface area contributed by atoms with E-state index < -0.39 is 0 Å². The van der Waals surface area contributed by atoms with Gasteiger partial charge in [-0.3, -0.25) is 0 Å². The van der Waals surface area contributed by atoms with Gasteiger partial charge in [-0.1, -0.05) is 13.8 Å². The average Bonchev–Trinajstić information content (AvgIpc) is 2.37. The van der Waals surface area contributed by atoms with Gasteiger partial charge in [-0.25, -0.2) is 0 Å². The van der Waals surface area contributed by atoms with E-state index in [0.29, 0.717) is 0 Å². The monoisotopic (exact) mass is 170 g/mol. The fourth-order valence-corrected chi connectivity index (χ4v) is 1.95. The Balaban J connectivity index is 2.20. The Morgan fingerprint density at radius 3 is 2.75 bits per heavy atom. The quantitative estimate of drug-likeness (QED) is 0.684. The maximum Gasteiger partial charge on any atom is 0.0220 e. The third kappa shape index (κ3) is 2.76. The lowest BCUT2D eigenvalue weighted by atomic mass is 10.0. The highest BCUT2D eigenvalue weighted by molar-refractivity contribution is 4.82. The Labute approximate surface area is 76.3 Å². The molecule has 1 aliphatic rings. The van der Waals surface area contributed by atoms with E-state index in [2.05, 4.69) is 31.1 Å². The predicted octanol–water partition coefficient (Wildman–Crippen LogP) is 1.33. The van der Waals surface area contributed by atoms with Gasteiger partial charge in [-0.05, 0) is 38.9 Å². The molecule has 12 heavy (non-hydrogen) atoms. The van der Waals surface area contributed by atoms with Gasteiger partial charge in [0.15, 0.2) is 0 Å². The third-order valence-corrected chi connectivity index (χ3v) is 2.81. The molecule has 2 nitrogen and oxygen atoms in total. The molecule has 2 unspecified atom stereocenters. The van der Waals surface area contributed by atoms with Crippen molar-refractivity contribution in [3.63, 3.8) is 0 Å². The van der Waals surface area contributed by atoms with Gasteiger partial charge in [0.1, 0.15) is 0 Å². The summed E-state index contributed by atoms with van der Waals surface area (Å²) in [7, 11) is 2.22. The Morgan fingerprint density at radius 2 is 2.25 bits per heavy atom. The number of hydrogen-bond donors (Lipinski definition) is 1. The van der Waals surface area contributed by atoms with Gasteiger partial charge in [-0.2, -0.15) is 0 Å². The van der Waals surface area contributed by atoms with Crippen LogP contribution in [-0.2, 0) is 0 Å². The van der Waals surface area contributed by atoms with Crippen LogP contribution in [0.4, 0.5) is 0 Å². The summed E-state index contributed by atoms with van der Waals surface area (Å²) in [6, 6.07) is 0.738. The van der Waals surface area contributed by atoms with Gasteiger partial charge >= 0.3 is 0 Å². The molecule has 0 aliphatic carbocycles. The van der Waals surface area contributed by atoms with Crippen LogP contribution >= 0.6 is 0 Å². The van der Waals surface area contributed by atoms with Crippen molar-refractivity contribution in [1.29, 1.82) is 0 Å². The van der Waals surface area contributed by atoms with E-state index in [1.165, 1.54) is 32.5 Å². The molecule has 72 valence electrons. The van der Waals surface area contributed by atoms with Gasteiger partial charge < -0.3 is 10.2 Å². The first-order valence-electron chi connectivity index (χ1n) is 5.16. The molecule has 1 heterocycles. The van der Waals surface area contributed by atoms with Crippen molar-refractivity contribution >= 4 is 0 Å². The zero-order valence-corrected chi connectivity index (χ0v) is 8.64. The van der Waals surface area contributed by atoms with Crippen molar-refractivity contribution in [2.75, 3.05) is 26.7 Å². The summed E-state index contributed by atoms with van der Waals surface area (Å²) in [5.41, 5.74) is 0. The minimum Gasteiger partial charge on any atom is -0.312 e. The topological polar surface area (TPSA) is 15.3 Å². The molecule has 1 N–H and O–H groups in total. The lowest BCUT2D eigenvalue weighted by Crippen LogP contribution is -2.38. The lowest BCUT2D eigenvalue weighted by molar-refractivity contribution is 0.278. The minimum atomic E-state index is 0.738. The lowest BCUT2D eigenvalue weighted by Gasteiger charge is -2.23. The number of nitrogens with zero attached hydrogens (tertiary/aromatic N) is 1. The Morgan fingerprint density at radius 1 is 1.50 bits per heavy atom. The van der Waals surface area contributed by atoms with Crippen molar-refractivity contribution in [3.8, 4) is 0 Å². The third-order valence-electron chi connectivity index (χ3n) is 2.81. The zero-order chi connectivity index (χ0) is 8.97. The van der Waals surface area contributed by atoms with Crippen LogP contribution in [0.2, 0.25) is 0 Å². The van der Waals surface area contributed by atoms with E-state index in [1.807, 2.05) is 0 Å². The van der Waals surface area contributed by atoms with Gasteiger partial charge in [0.25, 0.3) is 0 Å². The van der Waals surface area contributed by atoms with Crippen LogP contribution in [0.1, 0.15) is 26.7 Å². The van der Waals surface area contributed by atoms with Gasteiger partial charge in [0, 0.05) is 12.6 Å². The molecular formula is C10H22N2. The molecule has 1 aliphatic heterocycles. The molecule has 0 aromatic rings. The van der Waals surface area contributed by atoms with Gasteiger partial charge in [0.05, 0.1) is 0 Å². The van der Waals surface area contributed by atoms with Crippen molar-refractivity contribution < 1.29 is 0 Å². The molecule has 0 spiro atoms. The van der Waals surface area contributed by atoms with Crippen LogP contribution in [0, 0.1) is 5.92 Å². The van der Waals surface area contributed by atoms with Gasteiger partial charge in [0.2, 0.25) is 0 Å². The highest BCUT2D eigenvalue weighted by Crippen LogP contribution is 2.14. The first kappa shape index (κ1) is 10.0. The SMILES string of the molecule is CCCN(C)CC1NCCC1C. The van der Waals surface area contributed by atoms with Crippen molar-refractivity contribution in [1.82, 2.24) is 10.2 Å².